The van der Waals surface area contributed by atoms with Crippen LogP contribution in [0.4, 0.5) is 0 Å². The molecule has 5 rings (SSSR count). The van der Waals surface area contributed by atoms with E-state index >= 15 is 0 Å². The van der Waals surface area contributed by atoms with Crippen LogP contribution in [-0.4, -0.2) is 40.7 Å². The zero-order chi connectivity index (χ0) is 24.4. The number of hydrogen-bond acceptors (Lipinski definition) is 4. The van der Waals surface area contributed by atoms with Crippen molar-refractivity contribution in [3.05, 3.63) is 70.4 Å². The van der Waals surface area contributed by atoms with Gasteiger partial charge in [0.05, 0.1) is 11.6 Å². The van der Waals surface area contributed by atoms with Gasteiger partial charge in [0.25, 0.3) is 5.91 Å². The number of halogens is 1. The molecule has 2 aliphatic rings. The average molecular weight is 505 g/mol. The van der Waals surface area contributed by atoms with Gasteiger partial charge in [-0.05, 0) is 93.3 Å². The Hall–Kier alpha value is -3.14. The molecule has 2 aromatic carbocycles. The summed E-state index contributed by atoms with van der Waals surface area (Å²) >= 11 is 0. The van der Waals surface area contributed by atoms with E-state index in [9.17, 15) is 14.9 Å². The highest BCUT2D eigenvalue weighted by Gasteiger charge is 2.25. The van der Waals surface area contributed by atoms with Crippen LogP contribution in [0.5, 0.6) is 0 Å². The molecule has 1 amide bonds. The van der Waals surface area contributed by atoms with Gasteiger partial charge in [-0.3, -0.25) is 14.5 Å². The van der Waals surface area contributed by atoms with E-state index in [1.807, 2.05) is 24.3 Å². The SMILES string of the molecule is CC(=O)c1cccc2[nH]c(C(=O)NC3CCC(CCN4CCc5ccc(C#N)cc5C4)CC3)cc12.Cl. The van der Waals surface area contributed by atoms with Gasteiger partial charge in [-0.2, -0.15) is 5.26 Å². The molecule has 7 heteroatoms. The van der Waals surface area contributed by atoms with Crippen molar-refractivity contribution in [3.63, 3.8) is 0 Å². The van der Waals surface area contributed by atoms with Gasteiger partial charge in [0.2, 0.25) is 0 Å². The third kappa shape index (κ3) is 5.64. The Morgan fingerprint density at radius 3 is 2.67 bits per heavy atom. The fraction of sp³-hybridized carbons (Fsp3) is 0.414. The number of rotatable bonds is 6. The molecule has 0 atom stereocenters. The number of fused-ring (bicyclic) bond motifs is 2. The quantitative estimate of drug-likeness (QED) is 0.440. The molecule has 2 N–H and O–H groups in total. The molecule has 1 fully saturated rings. The Bertz CT molecular complexity index is 1300. The molecule has 0 radical (unpaired) electrons. The monoisotopic (exact) mass is 504 g/mol. The van der Waals surface area contributed by atoms with Gasteiger partial charge >= 0.3 is 0 Å². The molecular weight excluding hydrogens is 472 g/mol. The highest BCUT2D eigenvalue weighted by molar-refractivity contribution is 6.09. The van der Waals surface area contributed by atoms with Crippen LogP contribution in [0.2, 0.25) is 0 Å². The first kappa shape index (κ1) is 25.9. The first-order chi connectivity index (χ1) is 17.0. The molecule has 1 aliphatic carbocycles. The topological polar surface area (TPSA) is 89.0 Å². The third-order valence-electron chi connectivity index (χ3n) is 7.75. The molecule has 0 saturated heterocycles. The van der Waals surface area contributed by atoms with Crippen LogP contribution >= 0.6 is 12.4 Å². The number of aromatic amines is 1. The number of ketones is 1. The van der Waals surface area contributed by atoms with Crippen LogP contribution in [-0.2, 0) is 13.0 Å². The number of Topliss-reactive ketones (excluding diaryl/α,β-unsaturated/α-hetero) is 1. The first-order valence-electron chi connectivity index (χ1n) is 12.7. The average Bonchev–Trinajstić information content (AvgIpc) is 3.32. The molecule has 1 aliphatic heterocycles. The summed E-state index contributed by atoms with van der Waals surface area (Å²) in [6, 6.07) is 15.9. The lowest BCUT2D eigenvalue weighted by Gasteiger charge is -2.33. The van der Waals surface area contributed by atoms with Crippen molar-refractivity contribution in [1.82, 2.24) is 15.2 Å². The number of nitrogens with one attached hydrogen (secondary N) is 2. The van der Waals surface area contributed by atoms with Crippen molar-refractivity contribution in [1.29, 1.82) is 5.26 Å². The van der Waals surface area contributed by atoms with E-state index in [1.165, 1.54) is 17.5 Å². The van der Waals surface area contributed by atoms with E-state index in [-0.39, 0.29) is 30.1 Å². The van der Waals surface area contributed by atoms with E-state index in [4.69, 9.17) is 0 Å². The Morgan fingerprint density at radius 1 is 1.11 bits per heavy atom. The van der Waals surface area contributed by atoms with Gasteiger partial charge in [-0.15, -0.1) is 12.4 Å². The maximum absolute atomic E-state index is 12.9. The lowest BCUT2D eigenvalue weighted by molar-refractivity contribution is 0.0914. The summed E-state index contributed by atoms with van der Waals surface area (Å²) in [6.45, 7) is 4.66. The third-order valence-corrected chi connectivity index (χ3v) is 7.75. The van der Waals surface area contributed by atoms with Crippen molar-refractivity contribution < 1.29 is 9.59 Å². The van der Waals surface area contributed by atoms with E-state index in [0.29, 0.717) is 17.2 Å². The number of hydrogen-bond donors (Lipinski definition) is 2. The molecule has 1 aromatic heterocycles. The second kappa shape index (κ2) is 11.3. The van der Waals surface area contributed by atoms with Crippen molar-refractivity contribution >= 4 is 35.0 Å². The second-order valence-electron chi connectivity index (χ2n) is 10.1. The van der Waals surface area contributed by atoms with Gasteiger partial charge in [0, 0.05) is 35.6 Å². The minimum absolute atomic E-state index is 0. The Morgan fingerprint density at radius 2 is 1.92 bits per heavy atom. The number of aromatic nitrogens is 1. The predicted octanol–water partition coefficient (Wildman–Crippen LogP) is 5.40. The fourth-order valence-corrected chi connectivity index (χ4v) is 5.68. The van der Waals surface area contributed by atoms with E-state index in [1.54, 1.807) is 19.1 Å². The lowest BCUT2D eigenvalue weighted by Crippen LogP contribution is -2.38. The van der Waals surface area contributed by atoms with Crippen molar-refractivity contribution in [2.75, 3.05) is 13.1 Å². The molecule has 0 spiro atoms. The molecule has 1 saturated carbocycles. The molecule has 0 unspecified atom stereocenters. The molecule has 0 bridgehead atoms. The van der Waals surface area contributed by atoms with Crippen molar-refractivity contribution in [2.45, 2.75) is 58.0 Å². The largest absolute Gasteiger partial charge is 0.351 e. The van der Waals surface area contributed by atoms with Gasteiger partial charge in [0.1, 0.15) is 5.69 Å². The Balaban J connectivity index is 0.00000304. The summed E-state index contributed by atoms with van der Waals surface area (Å²) < 4.78 is 0. The van der Waals surface area contributed by atoms with Crippen LogP contribution in [0.15, 0.2) is 42.5 Å². The van der Waals surface area contributed by atoms with Gasteiger partial charge in [-0.1, -0.05) is 18.2 Å². The van der Waals surface area contributed by atoms with E-state index in [0.717, 1.165) is 68.2 Å². The molecule has 188 valence electrons. The first-order valence-corrected chi connectivity index (χ1v) is 12.7. The predicted molar refractivity (Wildman–Crippen MR) is 144 cm³/mol. The van der Waals surface area contributed by atoms with Crippen molar-refractivity contribution in [2.24, 2.45) is 5.92 Å². The summed E-state index contributed by atoms with van der Waals surface area (Å²) in [7, 11) is 0. The number of amides is 1. The minimum atomic E-state index is -0.0946. The van der Waals surface area contributed by atoms with Crippen LogP contribution in [0, 0.1) is 17.2 Å². The summed E-state index contributed by atoms with van der Waals surface area (Å²) in [6.07, 6.45) is 6.52. The van der Waals surface area contributed by atoms with Crippen LogP contribution in [0.3, 0.4) is 0 Å². The zero-order valence-corrected chi connectivity index (χ0v) is 21.5. The summed E-state index contributed by atoms with van der Waals surface area (Å²) in [5, 5.41) is 13.2. The molecule has 6 nitrogen and oxygen atoms in total. The number of nitriles is 1. The van der Waals surface area contributed by atoms with Gasteiger partial charge in [0.15, 0.2) is 5.78 Å². The standard InChI is InChI=1S/C29H32N4O2.ClH/c1-19(34)25-3-2-4-27-26(25)16-28(32-27)29(35)31-24-9-6-20(7-10-24)11-13-33-14-12-22-8-5-21(17-30)15-23(22)18-33;/h2-5,8,15-16,20,24,32H,6-7,9-14,18H2,1H3,(H,31,35);1H. The molecule has 2 heterocycles. The highest BCUT2D eigenvalue weighted by Crippen LogP contribution is 2.29. The number of benzene rings is 2. The second-order valence-corrected chi connectivity index (χ2v) is 10.1. The number of H-pyrrole nitrogens is 1. The van der Waals surface area contributed by atoms with E-state index < -0.39 is 0 Å². The van der Waals surface area contributed by atoms with Crippen LogP contribution in [0.25, 0.3) is 10.9 Å². The Labute approximate surface area is 218 Å². The molecular formula is C29H33ClN4O2. The highest BCUT2D eigenvalue weighted by atomic mass is 35.5. The number of carbonyl (C=O) groups is 2. The summed E-state index contributed by atoms with van der Waals surface area (Å²) in [5.74, 6) is 0.602. The summed E-state index contributed by atoms with van der Waals surface area (Å²) in [5.41, 5.74) is 5.40. The summed E-state index contributed by atoms with van der Waals surface area (Å²) in [4.78, 5) is 30.5. The number of nitrogens with zero attached hydrogens (tertiary/aromatic N) is 2. The van der Waals surface area contributed by atoms with Gasteiger partial charge in [-0.25, -0.2) is 0 Å². The van der Waals surface area contributed by atoms with E-state index in [2.05, 4.69) is 27.3 Å². The number of carbonyl (C=O) groups excluding carboxylic acids is 2. The minimum Gasteiger partial charge on any atom is -0.351 e. The van der Waals surface area contributed by atoms with Crippen LogP contribution < -0.4 is 5.32 Å². The fourth-order valence-electron chi connectivity index (χ4n) is 5.68. The molecule has 36 heavy (non-hydrogen) atoms. The van der Waals surface area contributed by atoms with Crippen LogP contribution in [0.1, 0.15) is 76.6 Å². The maximum atomic E-state index is 12.9. The van der Waals surface area contributed by atoms with Crippen molar-refractivity contribution in [3.8, 4) is 6.07 Å². The zero-order valence-electron chi connectivity index (χ0n) is 20.7. The smallest absolute Gasteiger partial charge is 0.267 e. The maximum Gasteiger partial charge on any atom is 0.267 e. The normalized spacial score (nSPS) is 19.7. The Kier molecular flexibility index (Phi) is 8.13. The van der Waals surface area contributed by atoms with Gasteiger partial charge < -0.3 is 10.3 Å². The molecule has 3 aromatic rings. The lowest BCUT2D eigenvalue weighted by atomic mass is 9.84.